The van der Waals surface area contributed by atoms with Crippen molar-refractivity contribution in [3.05, 3.63) is 47.6 Å². The van der Waals surface area contributed by atoms with Crippen LogP contribution in [-0.4, -0.2) is 33.9 Å². The molecule has 21 heavy (non-hydrogen) atoms. The molecule has 1 heterocycles. The van der Waals surface area contributed by atoms with Gasteiger partial charge in [0.1, 0.15) is 5.75 Å². The summed E-state index contributed by atoms with van der Waals surface area (Å²) in [7, 11) is 0. The van der Waals surface area contributed by atoms with Gasteiger partial charge in [-0.2, -0.15) is 0 Å². The van der Waals surface area contributed by atoms with E-state index >= 15 is 0 Å². The third-order valence-electron chi connectivity index (χ3n) is 2.70. The fourth-order valence-electron chi connectivity index (χ4n) is 1.78. The molecule has 0 spiro atoms. The molecular weight excluding hydrogens is 276 g/mol. The lowest BCUT2D eigenvalue weighted by atomic mass is 10.2. The first-order valence-electron chi connectivity index (χ1n) is 6.33. The molecule has 0 amide bonds. The number of ether oxygens (including phenoxy) is 2. The van der Waals surface area contributed by atoms with Gasteiger partial charge in [0.25, 0.3) is 4.92 Å². The number of nitrogens with zero attached hydrogens (tertiary/aromatic N) is 2. The Bertz CT molecular complexity index is 637. The van der Waals surface area contributed by atoms with Gasteiger partial charge in [-0.3, -0.25) is 0 Å². The quantitative estimate of drug-likeness (QED) is 0.652. The maximum absolute atomic E-state index is 11.3. The van der Waals surface area contributed by atoms with E-state index in [1.54, 1.807) is 36.0 Å². The van der Waals surface area contributed by atoms with E-state index in [9.17, 15) is 9.70 Å². The van der Waals surface area contributed by atoms with E-state index in [-0.39, 0.29) is 23.8 Å². The molecule has 0 saturated carbocycles. The van der Waals surface area contributed by atoms with Gasteiger partial charge in [0, 0.05) is 24.5 Å². The molecule has 0 aliphatic carbocycles. The second kappa shape index (κ2) is 6.56. The summed E-state index contributed by atoms with van der Waals surface area (Å²) in [5.74, 6) is -0.0857. The van der Waals surface area contributed by atoms with Crippen molar-refractivity contribution in [2.24, 2.45) is 0 Å². The second-order valence-electron chi connectivity index (χ2n) is 4.11. The van der Waals surface area contributed by atoms with E-state index in [0.29, 0.717) is 11.4 Å². The highest BCUT2D eigenvalue weighted by atomic mass is 16.6. The van der Waals surface area contributed by atoms with Crippen molar-refractivity contribution in [1.29, 1.82) is 0 Å². The predicted octanol–water partition coefficient (Wildman–Crippen LogP) is 2.22. The average Bonchev–Trinajstić information content (AvgIpc) is 2.99. The summed E-state index contributed by atoms with van der Waals surface area (Å²) in [5, 5.41) is 8.98. The average molecular weight is 291 g/mol. The van der Waals surface area contributed by atoms with Gasteiger partial charge in [0.15, 0.2) is 6.61 Å². The maximum Gasteiger partial charge on any atom is 0.344 e. The summed E-state index contributed by atoms with van der Waals surface area (Å²) in [6.45, 7) is 1.75. The normalized spacial score (nSPS) is 10.1. The minimum absolute atomic E-state index is 0.0576. The molecule has 2 rings (SSSR count). The third-order valence-corrected chi connectivity index (χ3v) is 2.70. The Morgan fingerprint density at radius 1 is 1.33 bits per heavy atom. The van der Waals surface area contributed by atoms with E-state index in [0.717, 1.165) is 0 Å². The first-order valence-corrected chi connectivity index (χ1v) is 6.33. The van der Waals surface area contributed by atoms with Crippen molar-refractivity contribution in [2.45, 2.75) is 6.92 Å². The van der Waals surface area contributed by atoms with Crippen LogP contribution >= 0.6 is 0 Å². The van der Waals surface area contributed by atoms with Crippen molar-refractivity contribution in [3.63, 3.8) is 0 Å². The van der Waals surface area contributed by atoms with Crippen LogP contribution in [0.25, 0.3) is 5.69 Å². The molecule has 0 aliphatic heterocycles. The molecule has 1 N–H and O–H groups in total. The highest BCUT2D eigenvalue weighted by Crippen LogP contribution is 2.27. The van der Waals surface area contributed by atoms with Crippen LogP contribution in [-0.2, 0) is 9.53 Å². The highest BCUT2D eigenvalue weighted by Gasteiger charge is 2.17. The maximum atomic E-state index is 11.3. The van der Waals surface area contributed by atoms with Crippen molar-refractivity contribution < 1.29 is 24.4 Å². The van der Waals surface area contributed by atoms with Gasteiger partial charge in [0.2, 0.25) is 0 Å². The summed E-state index contributed by atoms with van der Waals surface area (Å²) in [4.78, 5) is 22.1. The molecule has 0 atom stereocenters. The minimum Gasteiger partial charge on any atom is -0.480 e. The molecule has 7 nitrogen and oxygen atoms in total. The second-order valence-corrected chi connectivity index (χ2v) is 4.11. The molecule has 1 aromatic heterocycles. The Labute approximate surface area is 120 Å². The standard InChI is InChI=1S/C14H15N2O5/c1-2-20-14(17)10-21-13-6-5-11(16(18)19)9-12(13)15-7-3-4-8-15/h3-9H,2,10H2,1H3,(H,18,19)/q+1. The zero-order valence-corrected chi connectivity index (χ0v) is 11.4. The molecule has 0 radical (unpaired) electrons. The number of hydrogen-bond acceptors (Lipinski definition) is 4. The van der Waals surface area contributed by atoms with Crippen LogP contribution in [0.3, 0.4) is 0 Å². The summed E-state index contributed by atoms with van der Waals surface area (Å²) in [6.07, 6.45) is 3.51. The third kappa shape index (κ3) is 3.59. The van der Waals surface area contributed by atoms with Gasteiger partial charge in [-0.05, 0) is 25.1 Å². The van der Waals surface area contributed by atoms with E-state index in [2.05, 4.69) is 0 Å². The molecule has 0 fully saturated rings. The molecule has 0 saturated heterocycles. The number of carbonyl (C=O) groups is 1. The first-order chi connectivity index (χ1) is 10.1. The topological polar surface area (TPSA) is 80.8 Å². The Morgan fingerprint density at radius 2 is 2.05 bits per heavy atom. The van der Waals surface area contributed by atoms with E-state index in [1.165, 1.54) is 18.2 Å². The Kier molecular flexibility index (Phi) is 4.55. The molecule has 7 heteroatoms. The van der Waals surface area contributed by atoms with Crippen molar-refractivity contribution >= 4 is 11.7 Å². The largest absolute Gasteiger partial charge is 0.480 e. The van der Waals surface area contributed by atoms with Gasteiger partial charge >= 0.3 is 11.7 Å². The summed E-state index contributed by atoms with van der Waals surface area (Å²) in [5.41, 5.74) is 0.582. The Balaban J connectivity index is 2.28. The van der Waals surface area contributed by atoms with Crippen LogP contribution in [0.4, 0.5) is 5.69 Å². The van der Waals surface area contributed by atoms with Crippen LogP contribution in [0, 0.1) is 4.91 Å². The summed E-state index contributed by atoms with van der Waals surface area (Å²) < 4.78 is 11.9. The monoisotopic (exact) mass is 291 g/mol. The van der Waals surface area contributed by atoms with Crippen LogP contribution in [0.2, 0.25) is 0 Å². The molecule has 0 unspecified atom stereocenters. The molecule has 2 aromatic rings. The van der Waals surface area contributed by atoms with E-state index in [4.69, 9.17) is 14.7 Å². The molecule has 110 valence electrons. The molecular formula is C14H15N2O5+. The van der Waals surface area contributed by atoms with Crippen molar-refractivity contribution in [2.75, 3.05) is 13.2 Å². The lowest BCUT2D eigenvalue weighted by molar-refractivity contribution is -0.729. The number of esters is 1. The predicted molar refractivity (Wildman–Crippen MR) is 73.0 cm³/mol. The van der Waals surface area contributed by atoms with Crippen LogP contribution in [0.1, 0.15) is 6.92 Å². The van der Waals surface area contributed by atoms with Crippen LogP contribution in [0.5, 0.6) is 5.75 Å². The smallest absolute Gasteiger partial charge is 0.344 e. The van der Waals surface area contributed by atoms with Gasteiger partial charge in [-0.1, -0.05) is 0 Å². The number of hydrogen-bond donors (Lipinski definition) is 1. The number of benzene rings is 1. The van der Waals surface area contributed by atoms with Gasteiger partial charge < -0.3 is 14.0 Å². The van der Waals surface area contributed by atoms with E-state index < -0.39 is 5.97 Å². The number of aromatic nitrogens is 1. The van der Waals surface area contributed by atoms with Crippen LogP contribution in [0.15, 0.2) is 42.7 Å². The summed E-state index contributed by atoms with van der Waals surface area (Å²) in [6, 6.07) is 7.95. The molecule has 0 bridgehead atoms. The Morgan fingerprint density at radius 3 is 2.67 bits per heavy atom. The SMILES string of the molecule is CCOC(=O)COc1ccc([N+](=O)O)cc1-n1cccc1. The zero-order valence-electron chi connectivity index (χ0n) is 11.4. The van der Waals surface area contributed by atoms with Crippen LogP contribution < -0.4 is 4.74 Å². The minimum atomic E-state index is -0.479. The number of rotatable bonds is 6. The van der Waals surface area contributed by atoms with E-state index in [1.807, 2.05) is 0 Å². The number of carbonyl (C=O) groups excluding carboxylic acids is 1. The molecule has 1 aromatic carbocycles. The fourth-order valence-corrected chi connectivity index (χ4v) is 1.78. The lowest BCUT2D eigenvalue weighted by Gasteiger charge is -2.11. The summed E-state index contributed by atoms with van der Waals surface area (Å²) >= 11 is 0. The fraction of sp³-hybridized carbons (Fsp3) is 0.214. The van der Waals surface area contributed by atoms with Crippen molar-refractivity contribution in [1.82, 2.24) is 4.57 Å². The zero-order chi connectivity index (χ0) is 15.2. The highest BCUT2D eigenvalue weighted by molar-refractivity contribution is 5.71. The van der Waals surface area contributed by atoms with Gasteiger partial charge in [0.05, 0.1) is 17.2 Å². The van der Waals surface area contributed by atoms with Gasteiger partial charge in [-0.25, -0.2) is 10.0 Å². The molecule has 0 aliphatic rings. The van der Waals surface area contributed by atoms with Crippen molar-refractivity contribution in [3.8, 4) is 11.4 Å². The Hall–Kier alpha value is -2.83. The first kappa shape index (κ1) is 14.6. The van der Waals surface area contributed by atoms with Gasteiger partial charge in [-0.15, -0.1) is 0 Å². The lowest BCUT2D eigenvalue weighted by Crippen LogP contribution is -2.15.